The molecule has 3 N–H and O–H groups in total. The highest BCUT2D eigenvalue weighted by Gasteiger charge is 2.22. The van der Waals surface area contributed by atoms with E-state index in [9.17, 15) is 0 Å². The molecule has 1 saturated heterocycles. The Kier molecular flexibility index (Phi) is 6.34. The molecule has 4 heterocycles. The van der Waals surface area contributed by atoms with Crippen molar-refractivity contribution in [3.8, 4) is 17.0 Å². The smallest absolute Gasteiger partial charge is 0.243 e. The number of rotatable bonds is 7. The van der Waals surface area contributed by atoms with E-state index in [4.69, 9.17) is 15.5 Å². The molecule has 0 bridgehead atoms. The molecule has 3 aromatic heterocycles. The molecule has 0 aliphatic carbocycles. The number of pyridine rings is 2. The van der Waals surface area contributed by atoms with Crippen molar-refractivity contribution in [2.75, 3.05) is 25.5 Å². The van der Waals surface area contributed by atoms with Gasteiger partial charge in [0.25, 0.3) is 0 Å². The number of nitrogens with one attached hydrogen (secondary N) is 1. The fourth-order valence-electron chi connectivity index (χ4n) is 3.80. The van der Waals surface area contributed by atoms with Gasteiger partial charge in [-0.3, -0.25) is 0 Å². The summed E-state index contributed by atoms with van der Waals surface area (Å²) in [5, 5.41) is 8.12. The van der Waals surface area contributed by atoms with Gasteiger partial charge >= 0.3 is 0 Å². The van der Waals surface area contributed by atoms with E-state index >= 15 is 0 Å². The van der Waals surface area contributed by atoms with Gasteiger partial charge < -0.3 is 20.7 Å². The van der Waals surface area contributed by atoms with Crippen molar-refractivity contribution in [2.45, 2.75) is 25.8 Å². The number of hydrogen-bond acceptors (Lipinski definition) is 7. The van der Waals surface area contributed by atoms with Crippen LogP contribution in [-0.4, -0.2) is 57.1 Å². The predicted molar refractivity (Wildman–Crippen MR) is 127 cm³/mol. The van der Waals surface area contributed by atoms with Gasteiger partial charge in [0.15, 0.2) is 5.65 Å². The van der Waals surface area contributed by atoms with E-state index in [1.54, 1.807) is 17.8 Å². The minimum absolute atomic E-state index is 0.280. The Labute approximate surface area is 187 Å². The number of piperidine rings is 1. The van der Waals surface area contributed by atoms with E-state index in [-0.39, 0.29) is 6.04 Å². The third kappa shape index (κ3) is 4.72. The molecule has 0 aromatic carbocycles. The van der Waals surface area contributed by atoms with Crippen molar-refractivity contribution < 1.29 is 4.74 Å². The van der Waals surface area contributed by atoms with Crippen molar-refractivity contribution in [3.05, 3.63) is 60.7 Å². The Morgan fingerprint density at radius 1 is 1.31 bits per heavy atom. The molecule has 0 spiro atoms. The fraction of sp³-hybridized carbons (Fsp3) is 0.304. The summed E-state index contributed by atoms with van der Waals surface area (Å²) in [6.07, 6.45) is 8.85. The maximum absolute atomic E-state index is 5.52. The Balaban J connectivity index is 1.47. The average Bonchev–Trinajstić information content (AvgIpc) is 3.21. The van der Waals surface area contributed by atoms with Crippen LogP contribution >= 0.6 is 0 Å². The molecule has 9 heteroatoms. The fourth-order valence-corrected chi connectivity index (χ4v) is 3.80. The van der Waals surface area contributed by atoms with Crippen molar-refractivity contribution in [2.24, 2.45) is 10.7 Å². The minimum Gasteiger partial charge on any atom is -0.481 e. The lowest BCUT2D eigenvalue weighted by molar-refractivity contribution is 0.269. The highest BCUT2D eigenvalue weighted by Crippen LogP contribution is 2.26. The molecular formula is C23H28N8O. The lowest BCUT2D eigenvalue weighted by atomic mass is 10.1. The van der Waals surface area contributed by atoms with E-state index in [1.165, 1.54) is 6.34 Å². The van der Waals surface area contributed by atoms with E-state index in [1.807, 2.05) is 43.5 Å². The van der Waals surface area contributed by atoms with Crippen LogP contribution < -0.4 is 15.8 Å². The molecule has 1 aliphatic heterocycles. The van der Waals surface area contributed by atoms with E-state index in [0.29, 0.717) is 11.8 Å². The molecule has 32 heavy (non-hydrogen) atoms. The van der Waals surface area contributed by atoms with Gasteiger partial charge in [0, 0.05) is 48.7 Å². The zero-order valence-electron chi connectivity index (χ0n) is 18.4. The number of aromatic nitrogens is 4. The molecule has 0 atom stereocenters. The van der Waals surface area contributed by atoms with Crippen LogP contribution in [0.25, 0.3) is 16.8 Å². The van der Waals surface area contributed by atoms with Crippen LogP contribution in [0, 0.1) is 0 Å². The SMILES string of the molecule is C=C(C)/C=C(\N=C/N)N1CCC(Nc2nc3c(-c4ccc(OC)nc4)cccn3n2)CC1. The predicted octanol–water partition coefficient (Wildman–Crippen LogP) is 3.08. The summed E-state index contributed by atoms with van der Waals surface area (Å²) in [6.45, 7) is 7.62. The van der Waals surface area contributed by atoms with Gasteiger partial charge in [-0.1, -0.05) is 12.2 Å². The third-order valence-corrected chi connectivity index (χ3v) is 5.35. The Bertz CT molecular complexity index is 1140. The number of ether oxygens (including phenoxy) is 1. The third-order valence-electron chi connectivity index (χ3n) is 5.35. The molecular weight excluding hydrogens is 404 g/mol. The van der Waals surface area contributed by atoms with Crippen LogP contribution in [0.3, 0.4) is 0 Å². The lowest BCUT2D eigenvalue weighted by Gasteiger charge is -2.33. The molecule has 9 nitrogen and oxygen atoms in total. The van der Waals surface area contributed by atoms with Crippen molar-refractivity contribution in [3.63, 3.8) is 0 Å². The Morgan fingerprint density at radius 2 is 2.12 bits per heavy atom. The number of fused-ring (bicyclic) bond motifs is 1. The molecule has 0 unspecified atom stereocenters. The first kappa shape index (κ1) is 21.4. The van der Waals surface area contributed by atoms with Crippen molar-refractivity contribution in [1.29, 1.82) is 0 Å². The monoisotopic (exact) mass is 432 g/mol. The first-order chi connectivity index (χ1) is 15.6. The lowest BCUT2D eigenvalue weighted by Crippen LogP contribution is -2.38. The summed E-state index contributed by atoms with van der Waals surface area (Å²) in [5.74, 6) is 2.05. The standard InChI is InChI=1S/C23H28N8O/c1-16(2)13-20(26-15-24)30-11-8-18(9-12-30)27-23-28-22-19(5-4-10-31(22)29-23)17-6-7-21(32-3)25-14-17/h4-7,10,13-15,18H,1,8-9,11-12H2,2-3H3,(H2,24,26)(H,27,29)/b20-13+. The largest absolute Gasteiger partial charge is 0.481 e. The summed E-state index contributed by atoms with van der Waals surface area (Å²) < 4.78 is 6.95. The van der Waals surface area contributed by atoms with E-state index in [0.717, 1.165) is 54.1 Å². The normalized spacial score (nSPS) is 15.4. The molecule has 1 fully saturated rings. The van der Waals surface area contributed by atoms with Gasteiger partial charge in [-0.15, -0.1) is 5.10 Å². The summed E-state index contributed by atoms with van der Waals surface area (Å²) >= 11 is 0. The zero-order chi connectivity index (χ0) is 22.5. The number of anilines is 1. The van der Waals surface area contributed by atoms with Gasteiger partial charge in [0.1, 0.15) is 5.82 Å². The molecule has 0 amide bonds. The number of likely N-dealkylation sites (tertiary alicyclic amines) is 1. The van der Waals surface area contributed by atoms with Crippen LogP contribution in [0.1, 0.15) is 19.8 Å². The van der Waals surface area contributed by atoms with Crippen molar-refractivity contribution in [1.82, 2.24) is 24.5 Å². The minimum atomic E-state index is 0.280. The van der Waals surface area contributed by atoms with Crippen LogP contribution in [0.5, 0.6) is 5.88 Å². The van der Waals surface area contributed by atoms with Crippen LogP contribution in [0.4, 0.5) is 5.95 Å². The van der Waals surface area contributed by atoms with Gasteiger partial charge in [-0.2, -0.15) is 4.98 Å². The number of aliphatic imine (C=N–C) groups is 1. The Hall–Kier alpha value is -3.88. The summed E-state index contributed by atoms with van der Waals surface area (Å²) in [5.41, 5.74) is 9.17. The van der Waals surface area contributed by atoms with Gasteiger partial charge in [0.2, 0.25) is 11.8 Å². The van der Waals surface area contributed by atoms with Gasteiger partial charge in [-0.05, 0) is 44.0 Å². The molecule has 166 valence electrons. The maximum Gasteiger partial charge on any atom is 0.243 e. The first-order valence-electron chi connectivity index (χ1n) is 10.6. The molecule has 0 saturated carbocycles. The van der Waals surface area contributed by atoms with Crippen LogP contribution in [-0.2, 0) is 0 Å². The van der Waals surface area contributed by atoms with E-state index < -0.39 is 0 Å². The van der Waals surface area contributed by atoms with Gasteiger partial charge in [-0.25, -0.2) is 14.5 Å². The quantitative estimate of drug-likeness (QED) is 0.336. The van der Waals surface area contributed by atoms with Crippen LogP contribution in [0.2, 0.25) is 0 Å². The second kappa shape index (κ2) is 9.51. The van der Waals surface area contributed by atoms with Gasteiger partial charge in [0.05, 0.1) is 13.4 Å². The number of allylic oxidation sites excluding steroid dienone is 2. The zero-order valence-corrected chi connectivity index (χ0v) is 18.4. The summed E-state index contributed by atoms with van der Waals surface area (Å²) in [7, 11) is 1.60. The number of nitrogens with two attached hydrogens (primary N) is 1. The topological polar surface area (TPSA) is 106 Å². The number of hydrogen-bond donors (Lipinski definition) is 2. The molecule has 4 rings (SSSR count). The second-order valence-electron chi connectivity index (χ2n) is 7.75. The second-order valence-corrected chi connectivity index (χ2v) is 7.75. The maximum atomic E-state index is 5.52. The van der Waals surface area contributed by atoms with E-state index in [2.05, 4.69) is 31.9 Å². The summed E-state index contributed by atoms with van der Waals surface area (Å²) in [6, 6.07) is 8.06. The molecule has 1 aliphatic rings. The van der Waals surface area contributed by atoms with Crippen molar-refractivity contribution >= 4 is 17.9 Å². The molecule has 3 aromatic rings. The highest BCUT2D eigenvalue weighted by atomic mass is 16.5. The number of nitrogens with zero attached hydrogens (tertiary/aromatic N) is 6. The van der Waals surface area contributed by atoms with Crippen LogP contribution in [0.15, 0.2) is 65.7 Å². The summed E-state index contributed by atoms with van der Waals surface area (Å²) in [4.78, 5) is 15.6. The highest BCUT2D eigenvalue weighted by molar-refractivity contribution is 5.77. The number of methoxy groups -OCH3 is 1. The molecule has 0 radical (unpaired) electrons. The average molecular weight is 433 g/mol. The first-order valence-corrected chi connectivity index (χ1v) is 10.6. The Morgan fingerprint density at radius 3 is 2.78 bits per heavy atom.